The molecule has 1 aliphatic rings. The first-order valence-corrected chi connectivity index (χ1v) is 18.8. The summed E-state index contributed by atoms with van der Waals surface area (Å²) in [6.45, 7) is 0.251. The van der Waals surface area contributed by atoms with E-state index in [2.05, 4.69) is 5.32 Å². The summed E-state index contributed by atoms with van der Waals surface area (Å²) in [6.07, 6.45) is -0.761. The number of oxazole rings is 1. The van der Waals surface area contributed by atoms with Crippen LogP contribution in [0.4, 0.5) is 0 Å². The highest BCUT2D eigenvalue weighted by atomic mass is 32.2. The Morgan fingerprint density at radius 2 is 1.41 bits per heavy atom. The maximum Gasteiger partial charge on any atom is 0.303 e. The number of carboxylic acid groups (broad SMARTS) is 1. The van der Waals surface area contributed by atoms with E-state index in [4.69, 9.17) is 24.0 Å². The molecule has 9 nitrogen and oxygen atoms in total. The average Bonchev–Trinajstić information content (AvgIpc) is 3.66. The van der Waals surface area contributed by atoms with Gasteiger partial charge in [0.05, 0.1) is 25.2 Å². The average molecular weight is 741 g/mol. The van der Waals surface area contributed by atoms with Crippen molar-refractivity contribution >= 4 is 23.6 Å². The number of carboxylic acids is 1. The SMILES string of the molecule is O=C(O)CCC(=O)NCc1ccccc1-c1ccc([C@@H]2O[C@H](CSc3nc(-c4ccccc4)c(-c4ccccc4)o3)C[C@H](c3ccc(CO)cc3)O2)cc1. The van der Waals surface area contributed by atoms with Crippen LogP contribution in [0.2, 0.25) is 0 Å². The summed E-state index contributed by atoms with van der Waals surface area (Å²) in [7, 11) is 0. The third kappa shape index (κ3) is 9.15. The van der Waals surface area contributed by atoms with Gasteiger partial charge in [-0.25, -0.2) is 4.98 Å². The lowest BCUT2D eigenvalue weighted by Crippen LogP contribution is -2.31. The van der Waals surface area contributed by atoms with Gasteiger partial charge in [0.1, 0.15) is 5.69 Å². The third-order valence-electron chi connectivity index (χ3n) is 9.25. The highest BCUT2D eigenvalue weighted by molar-refractivity contribution is 7.99. The lowest BCUT2D eigenvalue weighted by Gasteiger charge is -2.36. The molecule has 3 atom stereocenters. The van der Waals surface area contributed by atoms with E-state index in [1.54, 1.807) is 0 Å². The van der Waals surface area contributed by atoms with Crippen LogP contribution in [0, 0.1) is 0 Å². The molecule has 0 saturated carbocycles. The number of amides is 1. The van der Waals surface area contributed by atoms with Gasteiger partial charge in [-0.15, -0.1) is 0 Å². The van der Waals surface area contributed by atoms with Crippen LogP contribution in [0.15, 0.2) is 143 Å². The normalized spacial score (nSPS) is 16.9. The summed E-state index contributed by atoms with van der Waals surface area (Å²) in [5, 5.41) is 21.9. The number of hydrogen-bond donors (Lipinski definition) is 3. The van der Waals surface area contributed by atoms with Crippen molar-refractivity contribution in [1.29, 1.82) is 0 Å². The fraction of sp³-hybridized carbons (Fsp3) is 0.205. The van der Waals surface area contributed by atoms with Gasteiger partial charge in [0.2, 0.25) is 5.91 Å². The molecule has 0 radical (unpaired) electrons. The number of aromatic nitrogens is 1. The number of aliphatic hydroxyl groups is 1. The summed E-state index contributed by atoms with van der Waals surface area (Å²) in [5.41, 5.74) is 8.25. The fourth-order valence-corrected chi connectivity index (χ4v) is 7.25. The number of rotatable bonds is 14. The van der Waals surface area contributed by atoms with Gasteiger partial charge in [0, 0.05) is 41.8 Å². The molecule has 1 aliphatic heterocycles. The second-order valence-corrected chi connectivity index (χ2v) is 14.0. The molecule has 1 fully saturated rings. The molecule has 2 heterocycles. The molecular weight excluding hydrogens is 701 g/mol. The Morgan fingerprint density at radius 3 is 2.11 bits per heavy atom. The molecule has 274 valence electrons. The first-order chi connectivity index (χ1) is 26.4. The lowest BCUT2D eigenvalue weighted by atomic mass is 9.97. The molecule has 54 heavy (non-hydrogen) atoms. The summed E-state index contributed by atoms with van der Waals surface area (Å²) < 4.78 is 19.6. The van der Waals surface area contributed by atoms with Crippen molar-refractivity contribution in [1.82, 2.24) is 10.3 Å². The Morgan fingerprint density at radius 1 is 0.741 bits per heavy atom. The number of aliphatic hydroxyl groups excluding tert-OH is 1. The molecule has 0 unspecified atom stereocenters. The number of ether oxygens (including phenoxy) is 2. The van der Waals surface area contributed by atoms with Crippen LogP contribution in [0.3, 0.4) is 0 Å². The van der Waals surface area contributed by atoms with Crippen LogP contribution >= 0.6 is 11.8 Å². The molecule has 7 rings (SSSR count). The molecule has 3 N–H and O–H groups in total. The van der Waals surface area contributed by atoms with Crippen molar-refractivity contribution in [3.63, 3.8) is 0 Å². The van der Waals surface area contributed by atoms with E-state index >= 15 is 0 Å². The zero-order valence-electron chi connectivity index (χ0n) is 29.5. The first kappa shape index (κ1) is 36.8. The largest absolute Gasteiger partial charge is 0.481 e. The van der Waals surface area contributed by atoms with E-state index in [1.807, 2.05) is 133 Å². The number of carbonyl (C=O) groups is 2. The fourth-order valence-electron chi connectivity index (χ4n) is 6.40. The number of thioether (sulfide) groups is 1. The molecule has 0 spiro atoms. The number of hydrogen-bond acceptors (Lipinski definition) is 8. The smallest absolute Gasteiger partial charge is 0.303 e. The van der Waals surface area contributed by atoms with Gasteiger partial charge in [-0.2, -0.15) is 0 Å². The Hall–Kier alpha value is -5.52. The van der Waals surface area contributed by atoms with Crippen LogP contribution < -0.4 is 5.32 Å². The molecule has 0 bridgehead atoms. The van der Waals surface area contributed by atoms with Gasteiger partial charge in [-0.1, -0.05) is 145 Å². The van der Waals surface area contributed by atoms with E-state index in [-0.39, 0.29) is 44.1 Å². The molecule has 1 amide bonds. The summed E-state index contributed by atoms with van der Waals surface area (Å²) >= 11 is 1.51. The van der Waals surface area contributed by atoms with Gasteiger partial charge in [0.25, 0.3) is 5.22 Å². The maximum absolute atomic E-state index is 12.2. The maximum atomic E-state index is 12.2. The van der Waals surface area contributed by atoms with Crippen molar-refractivity contribution < 1.29 is 33.7 Å². The van der Waals surface area contributed by atoms with Crippen molar-refractivity contribution in [2.45, 2.75) is 56.1 Å². The molecule has 10 heteroatoms. The summed E-state index contributed by atoms with van der Waals surface area (Å²) in [4.78, 5) is 28.0. The highest BCUT2D eigenvalue weighted by Crippen LogP contribution is 2.41. The molecule has 1 aromatic heterocycles. The molecule has 1 saturated heterocycles. The minimum absolute atomic E-state index is 0.0323. The standard InChI is InChI=1S/C44H40N2O7S/c47-27-29-15-17-31(18-16-29)38-25-36(28-54-44-46-41(32-9-3-1-4-10-32)42(53-44)33-11-5-2-6-12-33)51-43(52-38)34-21-19-30(20-22-34)37-14-8-7-13-35(37)26-45-39(48)23-24-40(49)50/h1-22,36,38,43,47H,23-28H2,(H,45,48)(H,49,50)/t36-,38+,43+/m0/s1. The monoisotopic (exact) mass is 740 g/mol. The van der Waals surface area contributed by atoms with E-state index < -0.39 is 12.3 Å². The van der Waals surface area contributed by atoms with E-state index in [0.717, 1.165) is 56.0 Å². The van der Waals surface area contributed by atoms with Gasteiger partial charge in [-0.05, 0) is 27.8 Å². The summed E-state index contributed by atoms with van der Waals surface area (Å²) in [6, 6.07) is 43.7. The minimum Gasteiger partial charge on any atom is -0.481 e. The van der Waals surface area contributed by atoms with Gasteiger partial charge < -0.3 is 29.4 Å². The third-order valence-corrected chi connectivity index (χ3v) is 10.2. The lowest BCUT2D eigenvalue weighted by molar-refractivity contribution is -0.245. The number of benzene rings is 5. The Labute approximate surface area is 318 Å². The second-order valence-electron chi connectivity index (χ2n) is 13.0. The number of nitrogens with zero attached hydrogens (tertiary/aromatic N) is 1. The van der Waals surface area contributed by atoms with Gasteiger partial charge in [-0.3, -0.25) is 9.59 Å². The van der Waals surface area contributed by atoms with Crippen molar-refractivity contribution in [3.8, 4) is 33.7 Å². The topological polar surface area (TPSA) is 131 Å². The van der Waals surface area contributed by atoms with Crippen LogP contribution in [0.5, 0.6) is 0 Å². The Bertz CT molecular complexity index is 2100. The predicted molar refractivity (Wildman–Crippen MR) is 207 cm³/mol. The van der Waals surface area contributed by atoms with E-state index in [9.17, 15) is 14.7 Å². The van der Waals surface area contributed by atoms with E-state index in [0.29, 0.717) is 17.4 Å². The Kier molecular flexibility index (Phi) is 12.0. The molecule has 6 aromatic rings. The second kappa shape index (κ2) is 17.5. The predicted octanol–water partition coefficient (Wildman–Crippen LogP) is 8.99. The highest BCUT2D eigenvalue weighted by Gasteiger charge is 2.33. The Balaban J connectivity index is 1.10. The number of carbonyl (C=O) groups excluding carboxylic acids is 1. The van der Waals surface area contributed by atoms with Crippen LogP contribution in [0.1, 0.15) is 53.9 Å². The zero-order chi connectivity index (χ0) is 37.3. The first-order valence-electron chi connectivity index (χ1n) is 17.9. The van der Waals surface area contributed by atoms with Crippen molar-refractivity contribution in [2.75, 3.05) is 5.75 Å². The number of nitrogens with one attached hydrogen (secondary N) is 1. The van der Waals surface area contributed by atoms with Gasteiger partial charge in [0.15, 0.2) is 12.1 Å². The van der Waals surface area contributed by atoms with Crippen LogP contribution in [-0.4, -0.2) is 38.9 Å². The molecular formula is C44H40N2O7S. The molecule has 5 aromatic carbocycles. The number of aliphatic carboxylic acids is 1. The van der Waals surface area contributed by atoms with Gasteiger partial charge >= 0.3 is 5.97 Å². The zero-order valence-corrected chi connectivity index (χ0v) is 30.3. The molecule has 0 aliphatic carbocycles. The van der Waals surface area contributed by atoms with Crippen LogP contribution in [-0.2, 0) is 32.2 Å². The van der Waals surface area contributed by atoms with Crippen molar-refractivity contribution in [3.05, 3.63) is 156 Å². The minimum atomic E-state index is -1.00. The van der Waals surface area contributed by atoms with Crippen molar-refractivity contribution in [2.24, 2.45) is 0 Å². The van der Waals surface area contributed by atoms with E-state index in [1.165, 1.54) is 11.8 Å². The quantitative estimate of drug-likeness (QED) is 0.0937. The van der Waals surface area contributed by atoms with Crippen LogP contribution in [0.25, 0.3) is 33.7 Å². The summed E-state index contributed by atoms with van der Waals surface area (Å²) in [5.74, 6) is -0.00726.